The lowest BCUT2D eigenvalue weighted by Crippen LogP contribution is -2.43. The van der Waals surface area contributed by atoms with Crippen molar-refractivity contribution in [2.75, 3.05) is 38.7 Å². The summed E-state index contributed by atoms with van der Waals surface area (Å²) in [6, 6.07) is 4.54. The molecule has 0 radical (unpaired) electrons. The standard InChI is InChI=1S/C9H17NO3.C7H7ClN2O2/c1-9(2,3)13-8(11)10-4-6-12-7-5-10;1-9-7-5(8)3-2-4-6(7)10(11)12/h4-7H2,1-3H3;2-4,9H,1H3. The summed E-state index contributed by atoms with van der Waals surface area (Å²) in [6.45, 7) is 8.09. The molecule has 1 heterocycles. The highest BCUT2D eigenvalue weighted by Gasteiger charge is 2.23. The van der Waals surface area contributed by atoms with Crippen molar-refractivity contribution >= 4 is 29.1 Å². The number of carbonyl (C=O) groups excluding carboxylic acids is 1. The second-order valence-electron chi connectivity index (χ2n) is 6.22. The highest BCUT2D eigenvalue weighted by Crippen LogP contribution is 2.30. The van der Waals surface area contributed by atoms with Crippen molar-refractivity contribution in [1.29, 1.82) is 0 Å². The summed E-state index contributed by atoms with van der Waals surface area (Å²) in [5.41, 5.74) is -0.0655. The number of nitrogens with zero attached hydrogens (tertiary/aromatic N) is 2. The number of rotatable bonds is 2. The second-order valence-corrected chi connectivity index (χ2v) is 6.63. The van der Waals surface area contributed by atoms with Gasteiger partial charge in [-0.25, -0.2) is 4.79 Å². The quantitative estimate of drug-likeness (QED) is 0.629. The predicted octanol–water partition coefficient (Wildman–Crippen LogP) is 3.54. The normalized spacial score (nSPS) is 14.2. The zero-order valence-electron chi connectivity index (χ0n) is 14.9. The average molecular weight is 374 g/mol. The second kappa shape index (κ2) is 9.43. The Balaban J connectivity index is 0.000000251. The Kier molecular flexibility index (Phi) is 7.92. The fraction of sp³-hybridized carbons (Fsp3) is 0.562. The van der Waals surface area contributed by atoms with E-state index in [0.717, 1.165) is 0 Å². The van der Waals surface area contributed by atoms with Gasteiger partial charge in [-0.05, 0) is 26.8 Å². The number of ether oxygens (including phenoxy) is 2. The number of benzene rings is 1. The molecule has 0 spiro atoms. The predicted molar refractivity (Wildman–Crippen MR) is 96.3 cm³/mol. The van der Waals surface area contributed by atoms with E-state index in [1.54, 1.807) is 24.1 Å². The van der Waals surface area contributed by atoms with Crippen molar-refractivity contribution < 1.29 is 19.2 Å². The smallest absolute Gasteiger partial charge is 0.410 e. The van der Waals surface area contributed by atoms with Gasteiger partial charge in [0.1, 0.15) is 11.3 Å². The monoisotopic (exact) mass is 373 g/mol. The number of halogens is 1. The lowest BCUT2D eigenvalue weighted by atomic mass is 10.2. The first-order chi connectivity index (χ1) is 11.7. The molecule has 0 aliphatic carbocycles. The van der Waals surface area contributed by atoms with E-state index in [1.807, 2.05) is 20.8 Å². The van der Waals surface area contributed by atoms with Gasteiger partial charge >= 0.3 is 6.09 Å². The molecule has 0 aromatic heterocycles. The van der Waals surface area contributed by atoms with Crippen molar-refractivity contribution in [3.05, 3.63) is 33.3 Å². The highest BCUT2D eigenvalue weighted by molar-refractivity contribution is 6.33. The third-order valence-corrected chi connectivity index (χ3v) is 3.42. The summed E-state index contributed by atoms with van der Waals surface area (Å²) < 4.78 is 10.3. The van der Waals surface area contributed by atoms with Crippen molar-refractivity contribution in [3.8, 4) is 0 Å². The Morgan fingerprint density at radius 3 is 2.40 bits per heavy atom. The molecule has 140 valence electrons. The molecule has 1 aromatic carbocycles. The van der Waals surface area contributed by atoms with E-state index in [1.165, 1.54) is 6.07 Å². The van der Waals surface area contributed by atoms with Crippen LogP contribution in [-0.2, 0) is 9.47 Å². The Morgan fingerprint density at radius 2 is 1.96 bits per heavy atom. The maximum atomic E-state index is 11.5. The number of morpholine rings is 1. The van der Waals surface area contributed by atoms with E-state index in [0.29, 0.717) is 37.0 Å². The molecular weight excluding hydrogens is 350 g/mol. The van der Waals surface area contributed by atoms with Crippen LogP contribution in [0.25, 0.3) is 0 Å². The molecule has 1 amide bonds. The van der Waals surface area contributed by atoms with Crippen LogP contribution < -0.4 is 5.32 Å². The van der Waals surface area contributed by atoms with Crippen LogP contribution >= 0.6 is 11.6 Å². The Labute approximate surface area is 152 Å². The zero-order valence-corrected chi connectivity index (χ0v) is 15.6. The van der Waals surface area contributed by atoms with E-state index in [9.17, 15) is 14.9 Å². The number of nitro groups is 1. The third-order valence-electron chi connectivity index (χ3n) is 3.10. The topological polar surface area (TPSA) is 93.9 Å². The van der Waals surface area contributed by atoms with Gasteiger partial charge in [0, 0.05) is 26.2 Å². The SMILES string of the molecule is CC(C)(C)OC(=O)N1CCOCC1.CNc1c(Cl)cccc1[N+](=O)[O-]. The van der Waals surface area contributed by atoms with Gasteiger partial charge in [0.25, 0.3) is 5.69 Å². The van der Waals surface area contributed by atoms with Crippen LogP contribution in [0.15, 0.2) is 18.2 Å². The summed E-state index contributed by atoms with van der Waals surface area (Å²) in [5.74, 6) is 0. The first-order valence-corrected chi connectivity index (χ1v) is 8.20. The van der Waals surface area contributed by atoms with Crippen LogP contribution in [0.2, 0.25) is 5.02 Å². The lowest BCUT2D eigenvalue weighted by molar-refractivity contribution is -0.383. The molecule has 8 nitrogen and oxygen atoms in total. The zero-order chi connectivity index (χ0) is 19.0. The molecule has 1 aliphatic heterocycles. The number of nitro benzene ring substituents is 1. The summed E-state index contributed by atoms with van der Waals surface area (Å²) in [6.07, 6.45) is -0.240. The van der Waals surface area contributed by atoms with Crippen LogP contribution in [0, 0.1) is 10.1 Å². The van der Waals surface area contributed by atoms with Gasteiger partial charge in [-0.15, -0.1) is 0 Å². The molecule has 0 unspecified atom stereocenters. The first-order valence-electron chi connectivity index (χ1n) is 7.82. The molecular formula is C16H24ClN3O5. The largest absolute Gasteiger partial charge is 0.444 e. The van der Waals surface area contributed by atoms with Crippen LogP contribution in [-0.4, -0.2) is 54.9 Å². The molecule has 1 aromatic rings. The molecule has 0 saturated carbocycles. The third kappa shape index (κ3) is 7.15. The average Bonchev–Trinajstić information content (AvgIpc) is 2.54. The fourth-order valence-corrected chi connectivity index (χ4v) is 2.25. The van der Waals surface area contributed by atoms with E-state index < -0.39 is 10.5 Å². The minimum Gasteiger partial charge on any atom is -0.444 e. The molecule has 1 fully saturated rings. The number of anilines is 1. The fourth-order valence-electron chi connectivity index (χ4n) is 1.98. The number of nitrogens with one attached hydrogen (secondary N) is 1. The number of carbonyl (C=O) groups is 1. The van der Waals surface area contributed by atoms with Crippen molar-refractivity contribution in [1.82, 2.24) is 4.90 Å². The van der Waals surface area contributed by atoms with Gasteiger partial charge < -0.3 is 19.7 Å². The molecule has 1 saturated heterocycles. The van der Waals surface area contributed by atoms with Crippen molar-refractivity contribution in [3.63, 3.8) is 0 Å². The van der Waals surface area contributed by atoms with Crippen LogP contribution in [0.3, 0.4) is 0 Å². The Hall–Kier alpha value is -2.06. The molecule has 0 bridgehead atoms. The van der Waals surface area contributed by atoms with Gasteiger partial charge in [-0.1, -0.05) is 17.7 Å². The maximum absolute atomic E-state index is 11.5. The maximum Gasteiger partial charge on any atom is 0.410 e. The summed E-state index contributed by atoms with van der Waals surface area (Å²) in [4.78, 5) is 23.1. The van der Waals surface area contributed by atoms with Gasteiger partial charge in [-0.2, -0.15) is 0 Å². The molecule has 2 rings (SSSR count). The summed E-state index contributed by atoms with van der Waals surface area (Å²) in [7, 11) is 1.59. The van der Waals surface area contributed by atoms with Gasteiger partial charge in [-0.3, -0.25) is 10.1 Å². The van der Waals surface area contributed by atoms with Crippen molar-refractivity contribution in [2.24, 2.45) is 0 Å². The molecule has 1 aliphatic rings. The molecule has 1 N–H and O–H groups in total. The van der Waals surface area contributed by atoms with Crippen LogP contribution in [0.5, 0.6) is 0 Å². The number of para-hydroxylation sites is 1. The first kappa shape index (κ1) is 21.0. The Morgan fingerprint density at radius 1 is 1.36 bits per heavy atom. The Bertz CT molecular complexity index is 598. The van der Waals surface area contributed by atoms with Crippen molar-refractivity contribution in [2.45, 2.75) is 26.4 Å². The lowest BCUT2D eigenvalue weighted by Gasteiger charge is -2.29. The number of hydrogen-bond donors (Lipinski definition) is 1. The van der Waals surface area contributed by atoms with Gasteiger partial charge in [0.05, 0.1) is 23.2 Å². The van der Waals surface area contributed by atoms with Crippen LogP contribution in [0.4, 0.5) is 16.2 Å². The number of amides is 1. The van der Waals surface area contributed by atoms with E-state index in [2.05, 4.69) is 5.32 Å². The number of hydrogen-bond acceptors (Lipinski definition) is 6. The van der Waals surface area contributed by atoms with E-state index >= 15 is 0 Å². The molecule has 25 heavy (non-hydrogen) atoms. The highest BCUT2D eigenvalue weighted by atomic mass is 35.5. The van der Waals surface area contributed by atoms with E-state index in [4.69, 9.17) is 21.1 Å². The minimum absolute atomic E-state index is 0.00926. The van der Waals surface area contributed by atoms with Gasteiger partial charge in [0.2, 0.25) is 0 Å². The molecule has 0 atom stereocenters. The minimum atomic E-state index is -0.474. The summed E-state index contributed by atoms with van der Waals surface area (Å²) in [5, 5.41) is 13.5. The molecule has 9 heteroatoms. The van der Waals surface area contributed by atoms with Crippen LogP contribution in [0.1, 0.15) is 20.8 Å². The summed E-state index contributed by atoms with van der Waals surface area (Å²) >= 11 is 5.71. The van der Waals surface area contributed by atoms with Gasteiger partial charge in [0.15, 0.2) is 0 Å². The van der Waals surface area contributed by atoms with E-state index in [-0.39, 0.29) is 11.8 Å².